The van der Waals surface area contributed by atoms with Gasteiger partial charge in [-0.05, 0) is 35.7 Å². The third-order valence-electron chi connectivity index (χ3n) is 5.84. The number of phenols is 1. The average Bonchev–Trinajstić information content (AvgIpc) is 3.18. The van der Waals surface area contributed by atoms with Gasteiger partial charge in [-0.3, -0.25) is 0 Å². The van der Waals surface area contributed by atoms with Crippen LogP contribution in [0.1, 0.15) is 0 Å². The van der Waals surface area contributed by atoms with E-state index in [0.29, 0.717) is 17.1 Å². The number of aromatic hydroxyl groups is 1. The van der Waals surface area contributed by atoms with Crippen LogP contribution in [0.3, 0.4) is 0 Å². The molecule has 7 nitrogen and oxygen atoms in total. The molecule has 3 aromatic carbocycles. The van der Waals surface area contributed by atoms with E-state index in [1.807, 2.05) is 66.0 Å². The van der Waals surface area contributed by atoms with Gasteiger partial charge in [0.15, 0.2) is 0 Å². The van der Waals surface area contributed by atoms with E-state index in [9.17, 15) is 5.11 Å². The molecule has 0 amide bonds. The Balaban J connectivity index is 0.00000253. The second-order valence-corrected chi connectivity index (χ2v) is 8.15. The maximum atomic E-state index is 10.4. The summed E-state index contributed by atoms with van der Waals surface area (Å²) in [7, 11) is 3.91. The second kappa shape index (κ2) is 9.00. The van der Waals surface area contributed by atoms with Crippen LogP contribution in [0.25, 0.3) is 38.5 Å². The monoisotopic (exact) mass is 641 g/mol. The van der Waals surface area contributed by atoms with Crippen LogP contribution in [0.2, 0.25) is 0 Å². The van der Waals surface area contributed by atoms with Gasteiger partial charge in [0.2, 0.25) is 5.88 Å². The zero-order valence-corrected chi connectivity index (χ0v) is 21.2. The Kier molecular flexibility index (Phi) is 5.87. The van der Waals surface area contributed by atoms with Crippen LogP contribution in [0, 0.1) is 6.07 Å². The van der Waals surface area contributed by atoms with Crippen LogP contribution in [0.15, 0.2) is 79.3 Å². The first-order valence-electron chi connectivity index (χ1n) is 10.8. The van der Waals surface area contributed by atoms with Gasteiger partial charge in [0.25, 0.3) is 0 Å². The second-order valence-electron chi connectivity index (χ2n) is 8.15. The number of para-hydroxylation sites is 1. The number of hydrogen-bond acceptors (Lipinski definition) is 6. The van der Waals surface area contributed by atoms with E-state index in [1.54, 1.807) is 18.3 Å². The third-order valence-corrected chi connectivity index (χ3v) is 5.84. The summed E-state index contributed by atoms with van der Waals surface area (Å²) in [5.41, 5.74) is 3.32. The molecule has 176 valence electrons. The topological polar surface area (TPSA) is 76.3 Å². The van der Waals surface area contributed by atoms with Crippen LogP contribution in [0.4, 0.5) is 5.69 Å². The third kappa shape index (κ3) is 3.88. The Morgan fingerprint density at radius 2 is 1.74 bits per heavy atom. The van der Waals surface area contributed by atoms with E-state index < -0.39 is 0 Å². The molecule has 0 aliphatic heterocycles. The molecule has 1 N–H and O–H groups in total. The Labute approximate surface area is 215 Å². The van der Waals surface area contributed by atoms with Gasteiger partial charge in [-0.25, -0.2) is 15.0 Å². The summed E-state index contributed by atoms with van der Waals surface area (Å²) in [6.45, 7) is 0. The molecular weight excluding hydrogens is 621 g/mol. The van der Waals surface area contributed by atoms with Crippen molar-refractivity contribution >= 4 is 38.4 Å². The predicted octanol–water partition coefficient (Wildman–Crippen LogP) is 5.48. The zero-order valence-electron chi connectivity index (χ0n) is 18.9. The van der Waals surface area contributed by atoms with Crippen LogP contribution in [-0.2, 0) is 21.1 Å². The fourth-order valence-corrected chi connectivity index (χ4v) is 4.32. The van der Waals surface area contributed by atoms with Crippen molar-refractivity contribution < 1.29 is 30.9 Å². The van der Waals surface area contributed by atoms with E-state index >= 15 is 0 Å². The molecule has 0 aliphatic rings. The number of benzene rings is 3. The number of phenolic OH excluding ortho intramolecular Hbond substituents is 1. The quantitative estimate of drug-likeness (QED) is 0.257. The molecule has 0 spiro atoms. The van der Waals surface area contributed by atoms with Crippen LogP contribution in [-0.4, -0.2) is 38.7 Å². The number of rotatable bonds is 4. The van der Waals surface area contributed by atoms with E-state index in [0.717, 1.165) is 38.7 Å². The maximum absolute atomic E-state index is 10.4. The molecule has 0 aliphatic carbocycles. The minimum atomic E-state index is 0. The minimum Gasteiger partial charge on any atom is -0.506 e. The van der Waals surface area contributed by atoms with Crippen molar-refractivity contribution in [1.82, 2.24) is 19.5 Å². The smallest absolute Gasteiger partial charge is 0.217 e. The minimum absolute atomic E-state index is 0. The summed E-state index contributed by atoms with van der Waals surface area (Å²) in [5.74, 6) is 1.74. The standard InChI is InChI=1S/C27H20N5O2.Pt/c1-31(2)21-10-11-24(33)27-20(21)9-12-26(30-27)34-17-7-8-19-18-5-3-4-6-22(18)32(23(19)15-17)25-13-14-28-16-29-25;/h3-14,16,33H,1-2H3;/q-1;. The van der Waals surface area contributed by atoms with Gasteiger partial charge in [-0.15, -0.1) is 17.5 Å². The van der Waals surface area contributed by atoms with Crippen molar-refractivity contribution in [3.8, 4) is 23.2 Å². The molecule has 0 saturated heterocycles. The number of aromatic nitrogens is 4. The Morgan fingerprint density at radius 3 is 2.54 bits per heavy atom. The molecule has 0 atom stereocenters. The molecule has 6 aromatic rings. The zero-order chi connectivity index (χ0) is 23.2. The molecular formula is C27H20N5O2Pt-. The number of fused-ring (bicyclic) bond motifs is 4. The predicted molar refractivity (Wildman–Crippen MR) is 133 cm³/mol. The van der Waals surface area contributed by atoms with Gasteiger partial charge in [-0.2, -0.15) is 6.07 Å². The molecule has 8 heteroatoms. The van der Waals surface area contributed by atoms with Crippen molar-refractivity contribution in [2.24, 2.45) is 0 Å². The van der Waals surface area contributed by atoms with Gasteiger partial charge in [0, 0.05) is 69.8 Å². The molecule has 3 aromatic heterocycles. The first-order chi connectivity index (χ1) is 16.6. The summed E-state index contributed by atoms with van der Waals surface area (Å²) in [5, 5.41) is 13.4. The molecule has 0 radical (unpaired) electrons. The van der Waals surface area contributed by atoms with Crippen molar-refractivity contribution in [2.45, 2.75) is 0 Å². The molecule has 0 bridgehead atoms. The number of nitrogens with zero attached hydrogens (tertiary/aromatic N) is 5. The first kappa shape index (κ1) is 22.8. The Hall–Kier alpha value is -3.96. The van der Waals surface area contributed by atoms with Crippen LogP contribution in [0.5, 0.6) is 17.4 Å². The SMILES string of the molecule is CN(C)c1ccc(O)c2nc(Oc3[c-]c4c(cc3)c3ccccc3n4-c3ccncn3)ccc12.[Pt]. The molecule has 6 rings (SSSR count). The van der Waals surface area contributed by atoms with Crippen molar-refractivity contribution in [3.05, 3.63) is 85.3 Å². The Bertz CT molecular complexity index is 1680. The maximum Gasteiger partial charge on any atom is 0.217 e. The average molecular weight is 642 g/mol. The first-order valence-corrected chi connectivity index (χ1v) is 10.8. The van der Waals surface area contributed by atoms with E-state index in [-0.39, 0.29) is 26.8 Å². The van der Waals surface area contributed by atoms with Crippen molar-refractivity contribution in [1.29, 1.82) is 0 Å². The van der Waals surface area contributed by atoms with Gasteiger partial charge >= 0.3 is 0 Å². The molecule has 0 fully saturated rings. The van der Waals surface area contributed by atoms with E-state index in [4.69, 9.17) is 4.74 Å². The van der Waals surface area contributed by atoms with Gasteiger partial charge < -0.3 is 19.3 Å². The van der Waals surface area contributed by atoms with E-state index in [2.05, 4.69) is 33.2 Å². The molecule has 3 heterocycles. The number of hydrogen-bond donors (Lipinski definition) is 1. The summed E-state index contributed by atoms with van der Waals surface area (Å²) in [6.07, 6.45) is 3.25. The van der Waals surface area contributed by atoms with Crippen molar-refractivity contribution in [3.63, 3.8) is 0 Å². The summed E-state index contributed by atoms with van der Waals surface area (Å²) < 4.78 is 8.14. The van der Waals surface area contributed by atoms with Gasteiger partial charge in [0.1, 0.15) is 23.4 Å². The van der Waals surface area contributed by atoms with Crippen LogP contribution < -0.4 is 9.64 Å². The molecule has 0 unspecified atom stereocenters. The fourth-order valence-electron chi connectivity index (χ4n) is 4.32. The molecule has 0 saturated carbocycles. The summed E-state index contributed by atoms with van der Waals surface area (Å²) in [4.78, 5) is 15.0. The number of pyridine rings is 1. The molecule has 35 heavy (non-hydrogen) atoms. The Morgan fingerprint density at radius 1 is 0.914 bits per heavy atom. The fraction of sp³-hybridized carbons (Fsp3) is 0.0741. The van der Waals surface area contributed by atoms with E-state index in [1.165, 1.54) is 6.33 Å². The van der Waals surface area contributed by atoms with Crippen LogP contribution >= 0.6 is 0 Å². The largest absolute Gasteiger partial charge is 0.506 e. The number of anilines is 1. The summed E-state index contributed by atoms with van der Waals surface area (Å²) >= 11 is 0. The van der Waals surface area contributed by atoms with Gasteiger partial charge in [-0.1, -0.05) is 23.7 Å². The number of ether oxygens (including phenoxy) is 1. The summed E-state index contributed by atoms with van der Waals surface area (Å²) in [6, 6.07) is 24.5. The normalized spacial score (nSPS) is 11.0. The van der Waals surface area contributed by atoms with Crippen molar-refractivity contribution in [2.75, 3.05) is 19.0 Å². The van der Waals surface area contributed by atoms with Gasteiger partial charge in [0.05, 0.1) is 0 Å².